The molecule has 3 aliphatic rings. The number of likely N-dealkylation sites (tertiary alicyclic amines) is 1. The molecule has 4 rings (SSSR count). The third-order valence-corrected chi connectivity index (χ3v) is 6.81. The number of hydrogen-bond donors (Lipinski definition) is 0. The molecule has 0 N–H and O–H groups in total. The van der Waals surface area contributed by atoms with E-state index in [1.165, 1.54) is 62.9 Å². The monoisotopic (exact) mass is 287 g/mol. The quantitative estimate of drug-likeness (QED) is 0.795. The van der Waals surface area contributed by atoms with Gasteiger partial charge in [-0.05, 0) is 56.2 Å². The number of nitrogens with zero attached hydrogens (tertiary/aromatic N) is 1. The van der Waals surface area contributed by atoms with Crippen LogP contribution in [0.15, 0.2) is 29.2 Å². The molecule has 1 nitrogen and oxygen atoms in total. The summed E-state index contributed by atoms with van der Waals surface area (Å²) in [7, 11) is 0. The van der Waals surface area contributed by atoms with Crippen LogP contribution in [0.5, 0.6) is 0 Å². The van der Waals surface area contributed by atoms with Crippen molar-refractivity contribution in [1.82, 2.24) is 4.90 Å². The van der Waals surface area contributed by atoms with Crippen molar-refractivity contribution in [2.75, 3.05) is 13.1 Å². The summed E-state index contributed by atoms with van der Waals surface area (Å²) in [4.78, 5) is 4.39. The second-order valence-electron chi connectivity index (χ2n) is 6.80. The minimum absolute atomic E-state index is 0.799. The standard InChI is InChI=1S/C18H25NS/c1-3-9-17-14(6-1)8-5-11-19(17)13-16-12-15-7-2-4-10-18(15)20-16/h2,4,7,10,14,16-17H,1,3,5-6,8-9,11-13H2/t14-,16?,17-/m1/s1. The molecular formula is C18H25NS. The van der Waals surface area contributed by atoms with Gasteiger partial charge in [0.05, 0.1) is 0 Å². The third kappa shape index (κ3) is 2.53. The Labute approximate surface area is 127 Å². The van der Waals surface area contributed by atoms with E-state index in [0.29, 0.717) is 0 Å². The van der Waals surface area contributed by atoms with Crippen LogP contribution < -0.4 is 0 Å². The van der Waals surface area contributed by atoms with Crippen LogP contribution in [0.25, 0.3) is 0 Å². The Balaban J connectivity index is 1.42. The largest absolute Gasteiger partial charge is 0.299 e. The number of hydrogen-bond acceptors (Lipinski definition) is 2. The molecule has 0 aromatic heterocycles. The van der Waals surface area contributed by atoms with E-state index in [1.807, 2.05) is 0 Å². The minimum Gasteiger partial charge on any atom is -0.299 e. The smallest absolute Gasteiger partial charge is 0.0263 e. The molecule has 0 bridgehead atoms. The molecule has 2 heteroatoms. The lowest BCUT2D eigenvalue weighted by Crippen LogP contribution is -2.48. The zero-order valence-electron chi connectivity index (χ0n) is 12.3. The fourth-order valence-electron chi connectivity index (χ4n) is 4.57. The second-order valence-corrected chi connectivity index (χ2v) is 8.14. The Morgan fingerprint density at radius 2 is 1.90 bits per heavy atom. The van der Waals surface area contributed by atoms with Gasteiger partial charge in [-0.15, -0.1) is 11.8 Å². The molecule has 0 amide bonds. The minimum atomic E-state index is 0.799. The maximum atomic E-state index is 2.86. The van der Waals surface area contributed by atoms with E-state index >= 15 is 0 Å². The molecule has 0 radical (unpaired) electrons. The summed E-state index contributed by atoms with van der Waals surface area (Å²) in [6.07, 6.45) is 10.1. The molecule has 1 aromatic rings. The summed E-state index contributed by atoms with van der Waals surface area (Å²) in [5.74, 6) is 1.02. The van der Waals surface area contributed by atoms with Crippen LogP contribution in [0.2, 0.25) is 0 Å². The van der Waals surface area contributed by atoms with Gasteiger partial charge in [-0.25, -0.2) is 0 Å². The fraction of sp³-hybridized carbons (Fsp3) is 0.667. The van der Waals surface area contributed by atoms with Gasteiger partial charge in [-0.1, -0.05) is 31.0 Å². The van der Waals surface area contributed by atoms with E-state index in [4.69, 9.17) is 0 Å². The maximum absolute atomic E-state index is 2.86. The average molecular weight is 287 g/mol. The molecule has 2 heterocycles. The summed E-state index contributed by atoms with van der Waals surface area (Å²) >= 11 is 2.13. The van der Waals surface area contributed by atoms with E-state index in [1.54, 1.807) is 5.56 Å². The Kier molecular flexibility index (Phi) is 3.78. The summed E-state index contributed by atoms with van der Waals surface area (Å²) in [5, 5.41) is 0.799. The fourth-order valence-corrected chi connectivity index (χ4v) is 5.92. The van der Waals surface area contributed by atoms with Crippen LogP contribution >= 0.6 is 11.8 Å². The molecule has 20 heavy (non-hydrogen) atoms. The van der Waals surface area contributed by atoms with E-state index in [-0.39, 0.29) is 0 Å². The molecule has 1 unspecified atom stereocenters. The van der Waals surface area contributed by atoms with Gasteiger partial charge in [0.15, 0.2) is 0 Å². The molecule has 1 saturated carbocycles. The van der Waals surface area contributed by atoms with Gasteiger partial charge in [0.1, 0.15) is 0 Å². The first kappa shape index (κ1) is 13.2. The van der Waals surface area contributed by atoms with E-state index in [0.717, 1.165) is 17.2 Å². The molecule has 108 valence electrons. The zero-order chi connectivity index (χ0) is 13.4. The van der Waals surface area contributed by atoms with E-state index < -0.39 is 0 Å². The van der Waals surface area contributed by atoms with Crippen LogP contribution in [0.4, 0.5) is 0 Å². The maximum Gasteiger partial charge on any atom is 0.0263 e. The van der Waals surface area contributed by atoms with Gasteiger partial charge in [-0.3, -0.25) is 4.90 Å². The van der Waals surface area contributed by atoms with Gasteiger partial charge in [0, 0.05) is 22.7 Å². The van der Waals surface area contributed by atoms with E-state index in [2.05, 4.69) is 40.9 Å². The molecule has 2 fully saturated rings. The Hall–Kier alpha value is -0.470. The number of rotatable bonds is 2. The lowest BCUT2D eigenvalue weighted by molar-refractivity contribution is 0.0616. The van der Waals surface area contributed by atoms with Crippen molar-refractivity contribution in [2.45, 2.75) is 61.1 Å². The van der Waals surface area contributed by atoms with Gasteiger partial charge in [-0.2, -0.15) is 0 Å². The molecule has 1 aliphatic carbocycles. The molecular weight excluding hydrogens is 262 g/mol. The third-order valence-electron chi connectivity index (χ3n) is 5.51. The van der Waals surface area contributed by atoms with Crippen molar-refractivity contribution >= 4 is 11.8 Å². The number of piperidine rings is 1. The highest BCUT2D eigenvalue weighted by Crippen LogP contribution is 2.40. The lowest BCUT2D eigenvalue weighted by atomic mass is 9.78. The topological polar surface area (TPSA) is 3.24 Å². The molecule has 0 spiro atoms. The zero-order valence-corrected chi connectivity index (χ0v) is 13.1. The highest BCUT2D eigenvalue weighted by Gasteiger charge is 2.35. The van der Waals surface area contributed by atoms with Gasteiger partial charge in [0.25, 0.3) is 0 Å². The van der Waals surface area contributed by atoms with Gasteiger partial charge in [0.2, 0.25) is 0 Å². The Morgan fingerprint density at radius 3 is 2.85 bits per heavy atom. The van der Waals surface area contributed by atoms with Crippen LogP contribution in [0, 0.1) is 5.92 Å². The van der Waals surface area contributed by atoms with Crippen LogP contribution in [-0.2, 0) is 6.42 Å². The van der Waals surface area contributed by atoms with Crippen molar-refractivity contribution in [2.24, 2.45) is 5.92 Å². The first-order chi connectivity index (χ1) is 9.90. The van der Waals surface area contributed by atoms with E-state index in [9.17, 15) is 0 Å². The van der Waals surface area contributed by atoms with Crippen molar-refractivity contribution < 1.29 is 0 Å². The highest BCUT2D eigenvalue weighted by molar-refractivity contribution is 8.00. The molecule has 2 aliphatic heterocycles. The van der Waals surface area contributed by atoms with Crippen molar-refractivity contribution in [1.29, 1.82) is 0 Å². The van der Waals surface area contributed by atoms with Crippen molar-refractivity contribution in [3.8, 4) is 0 Å². The van der Waals surface area contributed by atoms with Crippen LogP contribution in [-0.4, -0.2) is 29.3 Å². The molecule has 3 atom stereocenters. The Bertz CT molecular complexity index is 445. The van der Waals surface area contributed by atoms with Crippen LogP contribution in [0.3, 0.4) is 0 Å². The van der Waals surface area contributed by atoms with Gasteiger partial charge < -0.3 is 0 Å². The molecule has 1 saturated heterocycles. The summed E-state index contributed by atoms with van der Waals surface area (Å²) < 4.78 is 0. The number of thioether (sulfide) groups is 1. The summed E-state index contributed by atoms with van der Waals surface area (Å²) in [6.45, 7) is 2.68. The number of benzene rings is 1. The SMILES string of the molecule is c1ccc2c(c1)CC(CN1CCC[C@H]3CCCC[C@H]31)S2. The predicted octanol–water partition coefficient (Wildman–Crippen LogP) is 4.36. The Morgan fingerprint density at radius 1 is 1.05 bits per heavy atom. The number of fused-ring (bicyclic) bond motifs is 2. The first-order valence-electron chi connectivity index (χ1n) is 8.39. The van der Waals surface area contributed by atoms with Crippen LogP contribution in [0.1, 0.15) is 44.1 Å². The van der Waals surface area contributed by atoms with Crippen molar-refractivity contribution in [3.05, 3.63) is 29.8 Å². The summed E-state index contributed by atoms with van der Waals surface area (Å²) in [6, 6.07) is 9.93. The van der Waals surface area contributed by atoms with Gasteiger partial charge >= 0.3 is 0 Å². The van der Waals surface area contributed by atoms with Crippen molar-refractivity contribution in [3.63, 3.8) is 0 Å². The normalized spacial score (nSPS) is 33.7. The second kappa shape index (κ2) is 5.73. The predicted molar refractivity (Wildman–Crippen MR) is 86.3 cm³/mol. The highest BCUT2D eigenvalue weighted by atomic mass is 32.2. The lowest BCUT2D eigenvalue weighted by Gasteiger charge is -2.45. The molecule has 1 aromatic carbocycles. The average Bonchev–Trinajstić information content (AvgIpc) is 2.90. The summed E-state index contributed by atoms with van der Waals surface area (Å²) in [5.41, 5.74) is 1.58. The first-order valence-corrected chi connectivity index (χ1v) is 9.27.